The van der Waals surface area contributed by atoms with Gasteiger partial charge in [0.25, 0.3) is 0 Å². The highest BCUT2D eigenvalue weighted by molar-refractivity contribution is 5.44. The second-order valence-electron chi connectivity index (χ2n) is 5.77. The summed E-state index contributed by atoms with van der Waals surface area (Å²) >= 11 is 0. The number of rotatable bonds is 1. The van der Waals surface area contributed by atoms with Crippen molar-refractivity contribution in [3.05, 3.63) is 48.0 Å². The summed E-state index contributed by atoms with van der Waals surface area (Å²) in [5.74, 6) is 1.30. The zero-order valence-electron chi connectivity index (χ0n) is 10.4. The van der Waals surface area contributed by atoms with Crippen molar-refractivity contribution in [2.24, 2.45) is 11.8 Å². The summed E-state index contributed by atoms with van der Waals surface area (Å²) in [4.78, 5) is 0. The molecule has 1 heteroatoms. The van der Waals surface area contributed by atoms with Crippen molar-refractivity contribution in [2.45, 2.75) is 37.7 Å². The monoisotopic (exact) mass is 228 g/mol. The van der Waals surface area contributed by atoms with Crippen LogP contribution in [0, 0.1) is 11.8 Å². The van der Waals surface area contributed by atoms with Gasteiger partial charge in [-0.2, -0.15) is 0 Å². The minimum absolute atomic E-state index is 0.337. The quantitative estimate of drug-likeness (QED) is 0.728. The molecule has 0 spiro atoms. The van der Waals surface area contributed by atoms with E-state index in [1.165, 1.54) is 12.0 Å². The molecule has 0 heterocycles. The number of benzene rings is 1. The number of allylic oxidation sites excluding steroid dienone is 1. The summed E-state index contributed by atoms with van der Waals surface area (Å²) in [6.07, 6.45) is 5.27. The molecule has 0 unspecified atom stereocenters. The van der Waals surface area contributed by atoms with E-state index in [9.17, 15) is 5.11 Å². The number of fused-ring (bicyclic) bond motifs is 3. The van der Waals surface area contributed by atoms with Crippen LogP contribution in [0.4, 0.5) is 0 Å². The van der Waals surface area contributed by atoms with Crippen LogP contribution in [-0.4, -0.2) is 5.11 Å². The van der Waals surface area contributed by atoms with Gasteiger partial charge in [-0.1, -0.05) is 43.7 Å². The van der Waals surface area contributed by atoms with Crippen molar-refractivity contribution in [3.63, 3.8) is 0 Å². The van der Waals surface area contributed by atoms with Crippen molar-refractivity contribution in [2.75, 3.05) is 0 Å². The van der Waals surface area contributed by atoms with Gasteiger partial charge in [0, 0.05) is 11.8 Å². The Morgan fingerprint density at radius 3 is 2.88 bits per heavy atom. The van der Waals surface area contributed by atoms with Crippen molar-refractivity contribution in [1.82, 2.24) is 0 Å². The maximum absolute atomic E-state index is 11.1. The first-order valence-electron chi connectivity index (χ1n) is 6.61. The average molecular weight is 228 g/mol. The standard InChI is InChI=1S/C16H20O/c1-3-12-13-6-4-5-7-14(13)16(17)10-11(2)8-9-15(12)16/h3-7,11-12,15,17H,1,8-10H2,2H3/t11-,12-,15-,16-/m0/s1. The van der Waals surface area contributed by atoms with E-state index in [1.807, 2.05) is 12.1 Å². The van der Waals surface area contributed by atoms with Gasteiger partial charge in [0.05, 0.1) is 5.60 Å². The normalized spacial score (nSPS) is 39.5. The first-order valence-corrected chi connectivity index (χ1v) is 6.61. The highest BCUT2D eigenvalue weighted by Gasteiger charge is 2.52. The number of hydrogen-bond donors (Lipinski definition) is 1. The Kier molecular flexibility index (Phi) is 2.41. The van der Waals surface area contributed by atoms with E-state index in [0.29, 0.717) is 17.8 Å². The van der Waals surface area contributed by atoms with Gasteiger partial charge in [-0.3, -0.25) is 0 Å². The molecule has 1 nitrogen and oxygen atoms in total. The van der Waals surface area contributed by atoms with Gasteiger partial charge in [0.1, 0.15) is 0 Å². The Bertz CT molecular complexity index is 451. The topological polar surface area (TPSA) is 20.2 Å². The maximum Gasteiger partial charge on any atom is 0.0938 e. The Balaban J connectivity index is 2.14. The van der Waals surface area contributed by atoms with Crippen LogP contribution in [0.25, 0.3) is 0 Å². The van der Waals surface area contributed by atoms with E-state index in [1.54, 1.807) is 0 Å². The zero-order chi connectivity index (χ0) is 12.0. The molecule has 0 bridgehead atoms. The fourth-order valence-electron chi connectivity index (χ4n) is 3.96. The molecule has 1 N–H and O–H groups in total. The molecule has 4 atom stereocenters. The van der Waals surface area contributed by atoms with Crippen LogP contribution in [0.2, 0.25) is 0 Å². The van der Waals surface area contributed by atoms with E-state index in [4.69, 9.17) is 0 Å². The predicted octanol–water partition coefficient (Wildman–Crippen LogP) is 3.59. The number of hydrogen-bond acceptors (Lipinski definition) is 1. The van der Waals surface area contributed by atoms with E-state index < -0.39 is 5.60 Å². The molecule has 0 saturated heterocycles. The first-order chi connectivity index (χ1) is 8.16. The average Bonchev–Trinajstić information content (AvgIpc) is 2.57. The van der Waals surface area contributed by atoms with Gasteiger partial charge in [0.15, 0.2) is 0 Å². The Hall–Kier alpha value is -1.08. The molecule has 17 heavy (non-hydrogen) atoms. The maximum atomic E-state index is 11.1. The van der Waals surface area contributed by atoms with Gasteiger partial charge >= 0.3 is 0 Å². The fourth-order valence-corrected chi connectivity index (χ4v) is 3.96. The van der Waals surface area contributed by atoms with Gasteiger partial charge in [0.2, 0.25) is 0 Å². The summed E-state index contributed by atoms with van der Waals surface area (Å²) in [5, 5.41) is 11.1. The molecule has 3 rings (SSSR count). The highest BCUT2D eigenvalue weighted by atomic mass is 16.3. The number of aliphatic hydroxyl groups is 1. The van der Waals surface area contributed by atoms with E-state index in [2.05, 4.69) is 31.7 Å². The second kappa shape index (κ2) is 3.71. The van der Waals surface area contributed by atoms with Crippen LogP contribution in [0.1, 0.15) is 43.2 Å². The van der Waals surface area contributed by atoms with Crippen molar-refractivity contribution < 1.29 is 5.11 Å². The second-order valence-corrected chi connectivity index (χ2v) is 5.77. The predicted molar refractivity (Wildman–Crippen MR) is 69.8 cm³/mol. The Morgan fingerprint density at radius 1 is 1.35 bits per heavy atom. The van der Waals surface area contributed by atoms with Crippen LogP contribution < -0.4 is 0 Å². The van der Waals surface area contributed by atoms with Crippen LogP contribution in [0.15, 0.2) is 36.9 Å². The molecule has 2 aliphatic carbocycles. The van der Waals surface area contributed by atoms with E-state index >= 15 is 0 Å². The lowest BCUT2D eigenvalue weighted by Gasteiger charge is -2.40. The third-order valence-electron chi connectivity index (χ3n) is 4.72. The van der Waals surface area contributed by atoms with Crippen LogP contribution in [0.5, 0.6) is 0 Å². The molecule has 1 aromatic rings. The molecular weight excluding hydrogens is 208 g/mol. The lowest BCUT2D eigenvalue weighted by molar-refractivity contribution is -0.0615. The smallest absolute Gasteiger partial charge is 0.0938 e. The van der Waals surface area contributed by atoms with Gasteiger partial charge in [-0.25, -0.2) is 0 Å². The fraction of sp³-hybridized carbons (Fsp3) is 0.500. The largest absolute Gasteiger partial charge is 0.385 e. The van der Waals surface area contributed by atoms with Gasteiger partial charge < -0.3 is 5.11 Å². The molecule has 0 aromatic heterocycles. The molecule has 0 radical (unpaired) electrons. The van der Waals surface area contributed by atoms with Gasteiger partial charge in [-0.05, 0) is 29.9 Å². The lowest BCUT2D eigenvalue weighted by atomic mass is 9.69. The summed E-state index contributed by atoms with van der Waals surface area (Å²) in [5.41, 5.74) is 1.85. The Labute approximate surface area is 103 Å². The van der Waals surface area contributed by atoms with Crippen molar-refractivity contribution >= 4 is 0 Å². The molecule has 2 aliphatic rings. The molecule has 0 aliphatic heterocycles. The zero-order valence-corrected chi connectivity index (χ0v) is 10.4. The minimum Gasteiger partial charge on any atom is -0.385 e. The van der Waals surface area contributed by atoms with Crippen molar-refractivity contribution in [3.8, 4) is 0 Å². The molecule has 1 fully saturated rings. The molecule has 1 saturated carbocycles. The van der Waals surface area contributed by atoms with Gasteiger partial charge in [-0.15, -0.1) is 6.58 Å². The third kappa shape index (κ3) is 1.42. The minimum atomic E-state index is -0.604. The van der Waals surface area contributed by atoms with Crippen LogP contribution >= 0.6 is 0 Å². The van der Waals surface area contributed by atoms with Crippen molar-refractivity contribution in [1.29, 1.82) is 0 Å². The summed E-state index contributed by atoms with van der Waals surface area (Å²) in [6, 6.07) is 8.37. The molecule has 90 valence electrons. The summed E-state index contributed by atoms with van der Waals surface area (Å²) in [6.45, 7) is 6.22. The highest BCUT2D eigenvalue weighted by Crippen LogP contribution is 2.57. The third-order valence-corrected chi connectivity index (χ3v) is 4.72. The van der Waals surface area contributed by atoms with E-state index in [0.717, 1.165) is 18.4 Å². The molecular formula is C16H20O. The molecule has 0 amide bonds. The molecule has 1 aromatic carbocycles. The van der Waals surface area contributed by atoms with Crippen LogP contribution in [-0.2, 0) is 5.60 Å². The SMILES string of the molecule is C=C[C@H]1c2ccccc2[C@@]2(O)C[C@@H](C)CC[C@@H]12. The summed E-state index contributed by atoms with van der Waals surface area (Å²) < 4.78 is 0. The summed E-state index contributed by atoms with van der Waals surface area (Å²) in [7, 11) is 0. The first kappa shape index (κ1) is 11.0. The lowest BCUT2D eigenvalue weighted by Crippen LogP contribution is -2.38. The Morgan fingerprint density at radius 2 is 2.12 bits per heavy atom. The van der Waals surface area contributed by atoms with E-state index in [-0.39, 0.29) is 0 Å². The van der Waals surface area contributed by atoms with Crippen LogP contribution in [0.3, 0.4) is 0 Å².